The van der Waals surface area contributed by atoms with Crippen LogP contribution in [0.5, 0.6) is 5.75 Å². The van der Waals surface area contributed by atoms with Crippen molar-refractivity contribution in [1.82, 2.24) is 0 Å². The molecule has 97 valence electrons. The molecular weight excluding hydrogens is 315 g/mol. The number of fused-ring (bicyclic) bond motifs is 1. The van der Waals surface area contributed by atoms with Gasteiger partial charge in [-0.25, -0.2) is 0 Å². The summed E-state index contributed by atoms with van der Waals surface area (Å²) >= 11 is 3.61. The average molecular weight is 326 g/mol. The van der Waals surface area contributed by atoms with Crippen molar-refractivity contribution in [2.45, 2.75) is 0 Å². The number of hydrogen-bond acceptors (Lipinski definition) is 2. The number of halogens is 1. The second kappa shape index (κ2) is 5.69. The fourth-order valence-electron chi connectivity index (χ4n) is 2.37. The van der Waals surface area contributed by atoms with Gasteiger partial charge < -0.3 is 9.68 Å². The van der Waals surface area contributed by atoms with Gasteiger partial charge >= 0.3 is 7.69 Å². The Kier molecular flexibility index (Phi) is 3.76. The third kappa shape index (κ3) is 2.32. The van der Waals surface area contributed by atoms with Gasteiger partial charge in [0.15, 0.2) is 0 Å². The van der Waals surface area contributed by atoms with Crippen molar-refractivity contribution in [2.75, 3.05) is 0 Å². The molecule has 0 fully saturated rings. The van der Waals surface area contributed by atoms with Gasteiger partial charge in [-0.3, -0.25) is 0 Å². The second-order valence-corrected chi connectivity index (χ2v) is 5.22. The van der Waals surface area contributed by atoms with Crippen LogP contribution < -0.4 is 4.65 Å². The molecule has 0 aromatic heterocycles. The molecule has 0 unspecified atom stereocenters. The van der Waals surface area contributed by atoms with Crippen molar-refractivity contribution in [3.05, 3.63) is 65.1 Å². The Morgan fingerprint density at radius 3 is 2.35 bits per heavy atom. The Labute approximate surface area is 126 Å². The van der Waals surface area contributed by atoms with E-state index in [4.69, 9.17) is 9.68 Å². The third-order valence-corrected chi connectivity index (χ3v) is 3.87. The van der Waals surface area contributed by atoms with Gasteiger partial charge in [0.2, 0.25) is 0 Å². The predicted molar refractivity (Wildman–Crippen MR) is 85.7 cm³/mol. The summed E-state index contributed by atoms with van der Waals surface area (Å²) in [7, 11) is 0.707. The van der Waals surface area contributed by atoms with Gasteiger partial charge in [-0.1, -0.05) is 64.5 Å². The van der Waals surface area contributed by atoms with Gasteiger partial charge in [-0.05, 0) is 23.1 Å². The smallest absolute Gasteiger partial charge is 0.537 e. The maximum atomic E-state index is 8.90. The van der Waals surface area contributed by atoms with Crippen LogP contribution in [0.4, 0.5) is 0 Å². The van der Waals surface area contributed by atoms with Crippen molar-refractivity contribution < 1.29 is 9.68 Å². The van der Waals surface area contributed by atoms with Gasteiger partial charge in [0, 0.05) is 15.4 Å². The van der Waals surface area contributed by atoms with E-state index in [9.17, 15) is 0 Å². The number of rotatable bonds is 3. The molecule has 0 aliphatic rings. The zero-order chi connectivity index (χ0) is 13.9. The Hall–Kier alpha value is -1.78. The van der Waals surface area contributed by atoms with Gasteiger partial charge in [-0.15, -0.1) is 0 Å². The normalized spacial score (nSPS) is 10.5. The van der Waals surface area contributed by atoms with Gasteiger partial charge in [0.25, 0.3) is 0 Å². The van der Waals surface area contributed by atoms with Crippen LogP contribution in [0.2, 0.25) is 0 Å². The van der Waals surface area contributed by atoms with Crippen molar-refractivity contribution in [2.24, 2.45) is 0 Å². The third-order valence-electron chi connectivity index (χ3n) is 3.21. The molecule has 2 nitrogen and oxygen atoms in total. The average Bonchev–Trinajstić information content (AvgIpc) is 2.48. The molecular formula is C16H11BBrO2. The topological polar surface area (TPSA) is 29.5 Å². The van der Waals surface area contributed by atoms with Crippen LogP contribution in [-0.4, -0.2) is 12.7 Å². The van der Waals surface area contributed by atoms with Crippen LogP contribution >= 0.6 is 15.9 Å². The zero-order valence-electron chi connectivity index (χ0n) is 10.6. The summed E-state index contributed by atoms with van der Waals surface area (Å²) in [4.78, 5) is 0. The molecule has 0 aliphatic heterocycles. The largest absolute Gasteiger partial charge is 0.569 e. The highest BCUT2D eigenvalue weighted by atomic mass is 79.9. The van der Waals surface area contributed by atoms with Crippen LogP contribution in [-0.2, 0) is 0 Å². The lowest BCUT2D eigenvalue weighted by molar-refractivity contribution is 0.455. The number of hydrogen-bond donors (Lipinski definition) is 1. The van der Waals surface area contributed by atoms with E-state index in [-0.39, 0.29) is 0 Å². The van der Waals surface area contributed by atoms with E-state index in [0.717, 1.165) is 26.4 Å². The standard InChI is InChI=1S/C16H11BBrO2/c18-14-9-4-6-11-5-3-8-13(16(11)14)12-7-1-2-10-15(12)20-17-19/h1-10,19H. The molecule has 0 saturated carbocycles. The summed E-state index contributed by atoms with van der Waals surface area (Å²) in [5.41, 5.74) is 2.00. The van der Waals surface area contributed by atoms with Crippen LogP contribution in [0.25, 0.3) is 21.9 Å². The van der Waals surface area contributed by atoms with E-state index >= 15 is 0 Å². The monoisotopic (exact) mass is 325 g/mol. The molecule has 0 saturated heterocycles. The van der Waals surface area contributed by atoms with Crippen LogP contribution in [0.3, 0.4) is 0 Å². The summed E-state index contributed by atoms with van der Waals surface area (Å²) < 4.78 is 6.23. The highest BCUT2D eigenvalue weighted by Gasteiger charge is 2.11. The van der Waals surface area contributed by atoms with Crippen molar-refractivity contribution in [3.8, 4) is 16.9 Å². The van der Waals surface area contributed by atoms with Gasteiger partial charge in [-0.2, -0.15) is 0 Å². The van der Waals surface area contributed by atoms with Gasteiger partial charge in [0.1, 0.15) is 5.75 Å². The molecule has 1 N–H and O–H groups in total. The maximum Gasteiger partial charge on any atom is 0.569 e. The van der Waals surface area contributed by atoms with Crippen LogP contribution in [0.15, 0.2) is 65.1 Å². The molecule has 0 bridgehead atoms. The fraction of sp³-hybridized carbons (Fsp3) is 0. The molecule has 0 heterocycles. The van der Waals surface area contributed by atoms with E-state index in [1.807, 2.05) is 48.5 Å². The minimum atomic E-state index is 0.623. The fourth-order valence-corrected chi connectivity index (χ4v) is 2.96. The lowest BCUT2D eigenvalue weighted by Gasteiger charge is -2.13. The Balaban J connectivity index is 2.30. The van der Waals surface area contributed by atoms with Crippen molar-refractivity contribution >= 4 is 34.4 Å². The lowest BCUT2D eigenvalue weighted by atomic mass is 9.97. The Bertz CT molecular complexity index is 753. The first-order chi connectivity index (χ1) is 9.81. The SMILES string of the molecule is O[B]Oc1ccccc1-c1cccc2cccc(Br)c12. The molecule has 3 aromatic carbocycles. The minimum absolute atomic E-state index is 0.623. The first-order valence-corrected chi connectivity index (χ1v) is 7.00. The molecule has 0 atom stereocenters. The van der Waals surface area contributed by atoms with E-state index in [0.29, 0.717) is 13.4 Å². The molecule has 0 aliphatic carbocycles. The van der Waals surface area contributed by atoms with E-state index in [1.165, 1.54) is 0 Å². The minimum Gasteiger partial charge on any atom is -0.537 e. The summed E-state index contributed by atoms with van der Waals surface area (Å²) in [5, 5.41) is 11.2. The van der Waals surface area contributed by atoms with Crippen LogP contribution in [0.1, 0.15) is 0 Å². The maximum absolute atomic E-state index is 8.90. The molecule has 1 radical (unpaired) electrons. The summed E-state index contributed by atoms with van der Waals surface area (Å²) in [6.45, 7) is 0. The molecule has 3 rings (SSSR count). The number of para-hydroxylation sites is 1. The molecule has 20 heavy (non-hydrogen) atoms. The molecule has 4 heteroatoms. The Morgan fingerprint density at radius 2 is 1.55 bits per heavy atom. The van der Waals surface area contributed by atoms with Gasteiger partial charge in [0.05, 0.1) is 0 Å². The highest BCUT2D eigenvalue weighted by Crippen LogP contribution is 2.37. The molecule has 3 aromatic rings. The first-order valence-electron chi connectivity index (χ1n) is 6.20. The summed E-state index contributed by atoms with van der Waals surface area (Å²) in [6.07, 6.45) is 0. The summed E-state index contributed by atoms with van der Waals surface area (Å²) in [5.74, 6) is 0.623. The quantitative estimate of drug-likeness (QED) is 0.732. The second-order valence-electron chi connectivity index (χ2n) is 4.36. The Morgan fingerprint density at radius 1 is 0.850 bits per heavy atom. The van der Waals surface area contributed by atoms with Crippen molar-refractivity contribution in [3.63, 3.8) is 0 Å². The van der Waals surface area contributed by atoms with E-state index in [2.05, 4.69) is 28.1 Å². The number of benzene rings is 3. The first kappa shape index (κ1) is 13.2. The predicted octanol–water partition coefficient (Wildman–Crippen LogP) is 4.17. The zero-order valence-corrected chi connectivity index (χ0v) is 12.2. The summed E-state index contributed by atoms with van der Waals surface area (Å²) in [6, 6.07) is 19.9. The van der Waals surface area contributed by atoms with Crippen LogP contribution in [0, 0.1) is 0 Å². The lowest BCUT2D eigenvalue weighted by Crippen LogP contribution is -2.01. The van der Waals surface area contributed by atoms with Crippen molar-refractivity contribution in [1.29, 1.82) is 0 Å². The highest BCUT2D eigenvalue weighted by molar-refractivity contribution is 9.10. The van der Waals surface area contributed by atoms with E-state index < -0.39 is 0 Å². The molecule has 0 spiro atoms. The molecule has 0 amide bonds. The van der Waals surface area contributed by atoms with E-state index in [1.54, 1.807) is 0 Å².